The molecule has 24 heavy (non-hydrogen) atoms. The van der Waals surface area contributed by atoms with Gasteiger partial charge >= 0.3 is 12.2 Å². The van der Waals surface area contributed by atoms with Gasteiger partial charge in [0, 0.05) is 32.4 Å². The number of halogens is 3. The number of amides is 2. The van der Waals surface area contributed by atoms with Gasteiger partial charge in [-0.2, -0.15) is 18.4 Å². The molecule has 0 radical (unpaired) electrons. The lowest BCUT2D eigenvalue weighted by Gasteiger charge is -2.33. The second-order valence-corrected chi connectivity index (χ2v) is 5.50. The molecule has 1 aromatic heterocycles. The van der Waals surface area contributed by atoms with E-state index >= 15 is 0 Å². The van der Waals surface area contributed by atoms with Gasteiger partial charge in [-0.3, -0.25) is 0 Å². The maximum Gasteiger partial charge on any atom is 0.393 e. The van der Waals surface area contributed by atoms with Gasteiger partial charge in [-0.1, -0.05) is 0 Å². The summed E-state index contributed by atoms with van der Waals surface area (Å²) in [4.78, 5) is 17.2. The Hall–Kier alpha value is -2.50. The van der Waals surface area contributed by atoms with Crippen molar-refractivity contribution in [3.8, 4) is 6.07 Å². The Morgan fingerprint density at radius 3 is 2.96 bits per heavy atom. The Morgan fingerprint density at radius 1 is 1.46 bits per heavy atom. The van der Waals surface area contributed by atoms with Gasteiger partial charge in [0.15, 0.2) is 0 Å². The van der Waals surface area contributed by atoms with Gasteiger partial charge in [0.05, 0.1) is 11.5 Å². The molecule has 130 valence electrons. The Balaban J connectivity index is 1.76. The van der Waals surface area contributed by atoms with Crippen LogP contribution in [0.1, 0.15) is 18.4 Å². The van der Waals surface area contributed by atoms with E-state index in [1.807, 2.05) is 6.07 Å². The number of carbonyl (C=O) groups is 1. The van der Waals surface area contributed by atoms with Crippen molar-refractivity contribution in [2.45, 2.75) is 19.0 Å². The van der Waals surface area contributed by atoms with Crippen LogP contribution in [0.25, 0.3) is 0 Å². The summed E-state index contributed by atoms with van der Waals surface area (Å²) in [6.07, 6.45) is -2.33. The van der Waals surface area contributed by atoms with E-state index in [-0.39, 0.29) is 19.5 Å². The number of nitriles is 1. The summed E-state index contributed by atoms with van der Waals surface area (Å²) in [6, 6.07) is 4.73. The van der Waals surface area contributed by atoms with Crippen molar-refractivity contribution in [2.75, 3.05) is 31.5 Å². The van der Waals surface area contributed by atoms with E-state index in [0.29, 0.717) is 30.9 Å². The van der Waals surface area contributed by atoms with Gasteiger partial charge in [-0.25, -0.2) is 9.78 Å². The van der Waals surface area contributed by atoms with Gasteiger partial charge in [0.1, 0.15) is 11.9 Å². The highest BCUT2D eigenvalue weighted by Gasteiger charge is 2.42. The van der Waals surface area contributed by atoms with E-state index < -0.39 is 18.1 Å². The van der Waals surface area contributed by atoms with Crippen molar-refractivity contribution >= 4 is 11.8 Å². The highest BCUT2D eigenvalue weighted by molar-refractivity contribution is 5.74. The molecule has 1 atom stereocenters. The first-order chi connectivity index (χ1) is 11.4. The molecule has 1 fully saturated rings. The highest BCUT2D eigenvalue weighted by atomic mass is 19.4. The fourth-order valence-corrected chi connectivity index (χ4v) is 2.53. The molecule has 0 aromatic carbocycles. The molecule has 9 heteroatoms. The van der Waals surface area contributed by atoms with Crippen molar-refractivity contribution in [1.82, 2.24) is 15.2 Å². The molecule has 6 nitrogen and oxygen atoms in total. The lowest BCUT2D eigenvalue weighted by molar-refractivity contribution is -0.183. The number of rotatable bonds is 4. The Kier molecular flexibility index (Phi) is 5.84. The van der Waals surface area contributed by atoms with Crippen molar-refractivity contribution in [1.29, 1.82) is 5.26 Å². The molecule has 0 saturated carbocycles. The summed E-state index contributed by atoms with van der Waals surface area (Å²) in [5.74, 6) is -1.05. The molecule has 0 bridgehead atoms. The molecule has 2 rings (SSSR count). The van der Waals surface area contributed by atoms with Crippen LogP contribution >= 0.6 is 0 Å². The molecule has 1 aliphatic heterocycles. The second kappa shape index (κ2) is 7.86. The van der Waals surface area contributed by atoms with E-state index in [0.717, 1.165) is 0 Å². The summed E-state index contributed by atoms with van der Waals surface area (Å²) in [5, 5.41) is 14.4. The molecule has 0 aliphatic carbocycles. The molecule has 2 N–H and O–H groups in total. The Labute approximate surface area is 137 Å². The van der Waals surface area contributed by atoms with Crippen LogP contribution in [-0.2, 0) is 0 Å². The number of piperidine rings is 1. The van der Waals surface area contributed by atoms with Crippen LogP contribution in [0.15, 0.2) is 18.3 Å². The fourth-order valence-electron chi connectivity index (χ4n) is 2.53. The SMILES string of the molecule is N#Cc1cccnc1NCCNC(=O)N1CCCC(C(F)(F)F)C1. The zero-order chi connectivity index (χ0) is 17.6. The summed E-state index contributed by atoms with van der Waals surface area (Å²) < 4.78 is 38.2. The highest BCUT2D eigenvalue weighted by Crippen LogP contribution is 2.32. The Bertz CT molecular complexity index is 614. The standard InChI is InChI=1S/C15H18F3N5O/c16-15(17,18)12-4-2-8-23(10-12)14(24)22-7-6-21-13-11(9-19)3-1-5-20-13/h1,3,5,12H,2,4,6-8,10H2,(H,20,21)(H,22,24). The van der Waals surface area contributed by atoms with Crippen molar-refractivity contribution in [3.63, 3.8) is 0 Å². The molecule has 2 amide bonds. The van der Waals surface area contributed by atoms with Gasteiger partial charge in [0.25, 0.3) is 0 Å². The number of nitrogens with one attached hydrogen (secondary N) is 2. The third-order valence-electron chi connectivity index (χ3n) is 3.79. The fraction of sp³-hybridized carbons (Fsp3) is 0.533. The normalized spacial score (nSPS) is 17.9. The van der Waals surface area contributed by atoms with Crippen LogP contribution in [0.3, 0.4) is 0 Å². The third-order valence-corrected chi connectivity index (χ3v) is 3.79. The number of alkyl halides is 3. The summed E-state index contributed by atoms with van der Waals surface area (Å²) in [7, 11) is 0. The van der Waals surface area contributed by atoms with E-state index in [1.54, 1.807) is 12.1 Å². The quantitative estimate of drug-likeness (QED) is 0.824. The smallest absolute Gasteiger partial charge is 0.367 e. The lowest BCUT2D eigenvalue weighted by atomic mass is 9.98. The predicted octanol–water partition coefficient (Wildman–Crippen LogP) is 2.35. The van der Waals surface area contributed by atoms with Crippen LogP contribution in [0.5, 0.6) is 0 Å². The minimum Gasteiger partial charge on any atom is -0.367 e. The number of hydrogen-bond acceptors (Lipinski definition) is 4. The molecule has 1 unspecified atom stereocenters. The number of anilines is 1. The van der Waals surface area contributed by atoms with Crippen LogP contribution in [0.4, 0.5) is 23.8 Å². The van der Waals surface area contributed by atoms with E-state index in [4.69, 9.17) is 5.26 Å². The number of urea groups is 1. The molecule has 1 aliphatic rings. The van der Waals surface area contributed by atoms with E-state index in [2.05, 4.69) is 15.6 Å². The average molecular weight is 341 g/mol. The molecule has 2 heterocycles. The zero-order valence-corrected chi connectivity index (χ0v) is 12.9. The summed E-state index contributed by atoms with van der Waals surface area (Å²) in [5.41, 5.74) is 0.382. The first-order valence-electron chi connectivity index (χ1n) is 7.60. The predicted molar refractivity (Wildman–Crippen MR) is 81.2 cm³/mol. The summed E-state index contributed by atoms with van der Waals surface area (Å²) >= 11 is 0. The van der Waals surface area contributed by atoms with Gasteiger partial charge in [-0.05, 0) is 25.0 Å². The maximum absolute atomic E-state index is 12.7. The number of carbonyl (C=O) groups excluding carboxylic acids is 1. The summed E-state index contributed by atoms with van der Waals surface area (Å²) in [6.45, 7) is 0.549. The van der Waals surface area contributed by atoms with Crippen molar-refractivity contribution in [2.24, 2.45) is 5.92 Å². The van der Waals surface area contributed by atoms with Gasteiger partial charge < -0.3 is 15.5 Å². The third kappa shape index (κ3) is 4.75. The first kappa shape index (κ1) is 17.8. The molecule has 1 saturated heterocycles. The van der Waals surface area contributed by atoms with Crippen LogP contribution in [0, 0.1) is 17.2 Å². The topological polar surface area (TPSA) is 81.0 Å². The van der Waals surface area contributed by atoms with Gasteiger partial charge in [0.2, 0.25) is 0 Å². The molecular formula is C15H18F3N5O. The van der Waals surface area contributed by atoms with Crippen LogP contribution in [-0.4, -0.2) is 48.3 Å². The molecular weight excluding hydrogens is 323 g/mol. The number of aromatic nitrogens is 1. The Morgan fingerprint density at radius 2 is 2.25 bits per heavy atom. The molecule has 0 spiro atoms. The number of pyridine rings is 1. The second-order valence-electron chi connectivity index (χ2n) is 5.50. The van der Waals surface area contributed by atoms with Crippen LogP contribution < -0.4 is 10.6 Å². The number of nitrogens with zero attached hydrogens (tertiary/aromatic N) is 3. The van der Waals surface area contributed by atoms with E-state index in [9.17, 15) is 18.0 Å². The largest absolute Gasteiger partial charge is 0.393 e. The van der Waals surface area contributed by atoms with Crippen molar-refractivity contribution < 1.29 is 18.0 Å². The lowest BCUT2D eigenvalue weighted by Crippen LogP contribution is -2.49. The number of likely N-dealkylation sites (tertiary alicyclic amines) is 1. The average Bonchev–Trinajstić information content (AvgIpc) is 2.58. The monoisotopic (exact) mass is 341 g/mol. The zero-order valence-electron chi connectivity index (χ0n) is 12.9. The minimum absolute atomic E-state index is 0.0610. The van der Waals surface area contributed by atoms with Crippen LogP contribution in [0.2, 0.25) is 0 Å². The first-order valence-corrected chi connectivity index (χ1v) is 7.60. The molecule has 1 aromatic rings. The van der Waals surface area contributed by atoms with E-state index in [1.165, 1.54) is 11.1 Å². The minimum atomic E-state index is -4.27. The van der Waals surface area contributed by atoms with Gasteiger partial charge in [-0.15, -0.1) is 0 Å². The van der Waals surface area contributed by atoms with Crippen molar-refractivity contribution in [3.05, 3.63) is 23.9 Å². The maximum atomic E-state index is 12.7. The number of hydrogen-bond donors (Lipinski definition) is 2.